The van der Waals surface area contributed by atoms with E-state index in [2.05, 4.69) is 0 Å². The molecule has 0 aromatic heterocycles. The first kappa shape index (κ1) is 8.00. The quantitative estimate of drug-likeness (QED) is 0.275. The predicted octanol–water partition coefficient (Wildman–Crippen LogP) is -1.55. The Hall–Kier alpha value is -1.10. The van der Waals surface area contributed by atoms with Gasteiger partial charge in [-0.15, -0.1) is 0 Å². The highest BCUT2D eigenvalue weighted by Crippen LogP contribution is 2.14. The van der Waals surface area contributed by atoms with Gasteiger partial charge >= 0.3 is 0 Å². The second-order valence-corrected chi connectivity index (χ2v) is 2.63. The lowest BCUT2D eigenvalue weighted by atomic mass is 10.00. The minimum atomic E-state index is -0.192. The molecular formula is C6H11N3O2. The number of carbonyl (C=O) groups excluding carboxylic acids is 2. The smallest absolute Gasteiger partial charge is 0.240 e. The molecule has 0 radical (unpaired) electrons. The molecule has 0 bridgehead atoms. The molecule has 2 amide bonds. The summed E-state index contributed by atoms with van der Waals surface area (Å²) in [4.78, 5) is 23.0. The molecule has 5 heteroatoms. The molecule has 0 aromatic carbocycles. The van der Waals surface area contributed by atoms with E-state index in [0.717, 1.165) is 0 Å². The van der Waals surface area contributed by atoms with Crippen molar-refractivity contribution < 1.29 is 9.59 Å². The largest absolute Gasteiger partial charge is 0.341 e. The van der Waals surface area contributed by atoms with Crippen molar-refractivity contribution in [3.8, 4) is 0 Å². The average molecular weight is 157 g/mol. The molecule has 5 nitrogen and oxygen atoms in total. The van der Waals surface area contributed by atoms with Crippen LogP contribution in [0.5, 0.6) is 0 Å². The molecule has 0 aromatic rings. The van der Waals surface area contributed by atoms with E-state index in [1.165, 1.54) is 6.92 Å². The van der Waals surface area contributed by atoms with Gasteiger partial charge in [-0.2, -0.15) is 0 Å². The van der Waals surface area contributed by atoms with E-state index in [9.17, 15) is 9.59 Å². The first-order valence-corrected chi connectivity index (χ1v) is 3.41. The number of likely N-dealkylation sites (tertiary alicyclic amines) is 1. The van der Waals surface area contributed by atoms with E-state index in [0.29, 0.717) is 13.1 Å². The molecule has 3 N–H and O–H groups in total. The van der Waals surface area contributed by atoms with Crippen molar-refractivity contribution in [3.63, 3.8) is 0 Å². The Bertz CT molecular complexity index is 186. The summed E-state index contributed by atoms with van der Waals surface area (Å²) in [6.45, 7) is 2.48. The molecule has 0 aliphatic carbocycles. The van der Waals surface area contributed by atoms with Crippen molar-refractivity contribution in [2.45, 2.75) is 6.92 Å². The van der Waals surface area contributed by atoms with Crippen LogP contribution in [-0.4, -0.2) is 29.8 Å². The van der Waals surface area contributed by atoms with Crippen LogP contribution in [0.25, 0.3) is 0 Å². The third-order valence-electron chi connectivity index (χ3n) is 1.84. The number of hydrogen-bond donors (Lipinski definition) is 2. The van der Waals surface area contributed by atoms with Crippen LogP contribution >= 0.6 is 0 Å². The van der Waals surface area contributed by atoms with Crippen LogP contribution in [0.1, 0.15) is 6.92 Å². The summed E-state index contributed by atoms with van der Waals surface area (Å²) in [5.41, 5.74) is 2.05. The molecular weight excluding hydrogens is 146 g/mol. The van der Waals surface area contributed by atoms with Crippen LogP contribution in [0, 0.1) is 5.92 Å². The summed E-state index contributed by atoms with van der Waals surface area (Å²) in [6.07, 6.45) is 0. The fourth-order valence-electron chi connectivity index (χ4n) is 1.02. The van der Waals surface area contributed by atoms with Gasteiger partial charge < -0.3 is 4.90 Å². The lowest BCUT2D eigenvalue weighted by Crippen LogP contribution is -2.56. The number of amides is 2. The SMILES string of the molecule is CC(=O)N1CC(C(=O)NN)C1. The van der Waals surface area contributed by atoms with Gasteiger partial charge in [0.15, 0.2) is 0 Å². The molecule has 1 saturated heterocycles. The van der Waals surface area contributed by atoms with E-state index in [4.69, 9.17) is 5.84 Å². The number of nitrogens with one attached hydrogen (secondary N) is 1. The van der Waals surface area contributed by atoms with E-state index in [-0.39, 0.29) is 17.7 Å². The lowest BCUT2D eigenvalue weighted by Gasteiger charge is -2.36. The van der Waals surface area contributed by atoms with Crippen LogP contribution in [0.4, 0.5) is 0 Å². The molecule has 11 heavy (non-hydrogen) atoms. The summed E-state index contributed by atoms with van der Waals surface area (Å²) in [6, 6.07) is 0. The van der Waals surface area contributed by atoms with E-state index >= 15 is 0 Å². The molecule has 1 fully saturated rings. The number of hydrogen-bond acceptors (Lipinski definition) is 3. The average Bonchev–Trinajstić information content (AvgIpc) is 1.83. The minimum Gasteiger partial charge on any atom is -0.341 e. The van der Waals surface area contributed by atoms with Crippen LogP contribution in [-0.2, 0) is 9.59 Å². The Kier molecular flexibility index (Phi) is 2.09. The standard InChI is InChI=1S/C6H11N3O2/c1-4(10)9-2-5(3-9)6(11)8-7/h5H,2-3,7H2,1H3,(H,8,11). The summed E-state index contributed by atoms with van der Waals surface area (Å²) < 4.78 is 0. The first-order valence-electron chi connectivity index (χ1n) is 3.41. The number of nitrogens with zero attached hydrogens (tertiary/aromatic N) is 1. The van der Waals surface area contributed by atoms with Gasteiger partial charge in [-0.3, -0.25) is 15.0 Å². The van der Waals surface area contributed by atoms with Crippen LogP contribution in [0.3, 0.4) is 0 Å². The third-order valence-corrected chi connectivity index (χ3v) is 1.84. The summed E-state index contributed by atoms with van der Waals surface area (Å²) in [7, 11) is 0. The Morgan fingerprint density at radius 2 is 2.09 bits per heavy atom. The highest BCUT2D eigenvalue weighted by atomic mass is 16.2. The maximum atomic E-state index is 10.8. The minimum absolute atomic E-state index is 0.00562. The van der Waals surface area contributed by atoms with Crippen LogP contribution in [0.2, 0.25) is 0 Å². The summed E-state index contributed by atoms with van der Waals surface area (Å²) in [5, 5.41) is 0. The van der Waals surface area contributed by atoms with E-state index in [1.54, 1.807) is 4.90 Å². The number of nitrogens with two attached hydrogens (primary N) is 1. The van der Waals surface area contributed by atoms with Crippen molar-refractivity contribution in [1.82, 2.24) is 10.3 Å². The van der Waals surface area contributed by atoms with Gasteiger partial charge in [-0.25, -0.2) is 5.84 Å². The van der Waals surface area contributed by atoms with Gasteiger partial charge in [0.1, 0.15) is 0 Å². The highest BCUT2D eigenvalue weighted by Gasteiger charge is 2.33. The van der Waals surface area contributed by atoms with E-state index < -0.39 is 0 Å². The zero-order valence-electron chi connectivity index (χ0n) is 6.33. The number of hydrazine groups is 1. The Morgan fingerprint density at radius 1 is 1.55 bits per heavy atom. The van der Waals surface area contributed by atoms with Gasteiger partial charge in [0.2, 0.25) is 11.8 Å². The zero-order valence-corrected chi connectivity index (χ0v) is 6.33. The number of carbonyl (C=O) groups is 2. The molecule has 0 saturated carbocycles. The molecule has 0 atom stereocenters. The van der Waals surface area contributed by atoms with Gasteiger partial charge in [-0.05, 0) is 0 Å². The van der Waals surface area contributed by atoms with Crippen molar-refractivity contribution in [2.75, 3.05) is 13.1 Å². The maximum absolute atomic E-state index is 10.8. The molecule has 1 aliphatic rings. The fourth-order valence-corrected chi connectivity index (χ4v) is 1.02. The normalized spacial score (nSPS) is 17.5. The fraction of sp³-hybridized carbons (Fsp3) is 0.667. The van der Waals surface area contributed by atoms with Crippen LogP contribution < -0.4 is 11.3 Å². The monoisotopic (exact) mass is 157 g/mol. The number of rotatable bonds is 1. The molecule has 0 unspecified atom stereocenters. The van der Waals surface area contributed by atoms with Crippen molar-refractivity contribution in [3.05, 3.63) is 0 Å². The molecule has 1 rings (SSSR count). The molecule has 62 valence electrons. The lowest BCUT2D eigenvalue weighted by molar-refractivity contribution is -0.141. The van der Waals surface area contributed by atoms with Gasteiger partial charge in [0, 0.05) is 20.0 Å². The topological polar surface area (TPSA) is 75.4 Å². The van der Waals surface area contributed by atoms with Crippen molar-refractivity contribution in [1.29, 1.82) is 0 Å². The summed E-state index contributed by atoms with van der Waals surface area (Å²) >= 11 is 0. The molecule has 1 aliphatic heterocycles. The highest BCUT2D eigenvalue weighted by molar-refractivity contribution is 5.83. The van der Waals surface area contributed by atoms with Gasteiger partial charge in [-0.1, -0.05) is 0 Å². The first-order chi connectivity index (χ1) is 5.15. The van der Waals surface area contributed by atoms with Crippen molar-refractivity contribution >= 4 is 11.8 Å². The van der Waals surface area contributed by atoms with Gasteiger partial charge in [0.25, 0.3) is 0 Å². The zero-order chi connectivity index (χ0) is 8.43. The Morgan fingerprint density at radius 3 is 2.45 bits per heavy atom. The summed E-state index contributed by atoms with van der Waals surface area (Å²) in [5.74, 6) is 4.61. The van der Waals surface area contributed by atoms with Crippen molar-refractivity contribution in [2.24, 2.45) is 11.8 Å². The third kappa shape index (κ3) is 1.48. The van der Waals surface area contributed by atoms with Gasteiger partial charge in [0.05, 0.1) is 5.92 Å². The Labute approximate surface area is 64.5 Å². The second-order valence-electron chi connectivity index (χ2n) is 2.63. The van der Waals surface area contributed by atoms with E-state index in [1.807, 2.05) is 5.43 Å². The predicted molar refractivity (Wildman–Crippen MR) is 38.1 cm³/mol. The molecule has 0 spiro atoms. The Balaban J connectivity index is 2.29. The molecule has 1 heterocycles. The van der Waals surface area contributed by atoms with Crippen LogP contribution in [0.15, 0.2) is 0 Å². The second kappa shape index (κ2) is 2.87. The maximum Gasteiger partial charge on any atom is 0.240 e.